The Balaban J connectivity index is 1.90. The van der Waals surface area contributed by atoms with Crippen LogP contribution in [0, 0.1) is 18.3 Å². The van der Waals surface area contributed by atoms with Crippen LogP contribution >= 0.6 is 0 Å². The molecule has 164 valence electrons. The summed E-state index contributed by atoms with van der Waals surface area (Å²) in [5.41, 5.74) is 10.1. The number of methoxy groups -OCH3 is 1. The van der Waals surface area contributed by atoms with Gasteiger partial charge in [-0.3, -0.25) is 4.90 Å². The first-order chi connectivity index (χ1) is 15.6. The Morgan fingerprint density at radius 3 is 2.69 bits per heavy atom. The molecule has 0 saturated carbocycles. The molecular weight excluding hydrogens is 404 g/mol. The number of aryl methyl sites for hydroxylation is 1. The van der Waals surface area contributed by atoms with Crippen molar-refractivity contribution in [3.8, 4) is 17.9 Å². The summed E-state index contributed by atoms with van der Waals surface area (Å²) in [5.74, 6) is 0.973. The zero-order valence-electron chi connectivity index (χ0n) is 18.5. The Bertz CT molecular complexity index is 1180. The van der Waals surface area contributed by atoms with E-state index in [-0.39, 0.29) is 6.08 Å². The normalized spacial score (nSPS) is 15.3. The smallest absolute Gasteiger partial charge is 0.395 e. The zero-order chi connectivity index (χ0) is 22.7. The number of hydrogen-bond donors (Lipinski definition) is 1. The summed E-state index contributed by atoms with van der Waals surface area (Å²) in [6.45, 7) is 4.56. The van der Waals surface area contributed by atoms with Crippen molar-refractivity contribution in [3.63, 3.8) is 0 Å². The molecule has 0 bridgehead atoms. The first-order valence-corrected chi connectivity index (χ1v) is 10.6. The molecule has 0 amide bonds. The highest BCUT2D eigenvalue weighted by atomic mass is 16.6. The highest BCUT2D eigenvalue weighted by Gasteiger charge is 2.39. The fraction of sp³-hybridized carbons (Fsp3) is 0.280. The first kappa shape index (κ1) is 21.3. The van der Waals surface area contributed by atoms with Crippen LogP contribution in [0.15, 0.2) is 64.3 Å². The number of aromatic nitrogens is 1. The zero-order valence-corrected chi connectivity index (χ0v) is 18.5. The second kappa shape index (κ2) is 9.06. The van der Waals surface area contributed by atoms with Gasteiger partial charge in [0.2, 0.25) is 5.88 Å². The number of hydrogen-bond acceptors (Lipinski definition) is 7. The van der Waals surface area contributed by atoms with Crippen molar-refractivity contribution in [1.82, 2.24) is 4.98 Å². The van der Waals surface area contributed by atoms with Crippen molar-refractivity contribution in [2.45, 2.75) is 32.6 Å². The summed E-state index contributed by atoms with van der Waals surface area (Å²) >= 11 is 0. The van der Waals surface area contributed by atoms with Gasteiger partial charge in [0.05, 0.1) is 37.0 Å². The molecule has 2 heterocycles. The number of fused-ring (bicyclic) bond motifs is 1. The van der Waals surface area contributed by atoms with E-state index in [1.807, 2.05) is 55.5 Å². The molecule has 32 heavy (non-hydrogen) atoms. The number of unbranched alkanes of at least 4 members (excludes halogenated alkanes) is 1. The SMILES string of the molecule is CCCCOc1nc2c(o1)N(c1ccccc1)C(N)=C(C#N)C2c1ccc(C)c(OC)c1. The van der Waals surface area contributed by atoms with Gasteiger partial charge >= 0.3 is 6.08 Å². The molecule has 2 aromatic carbocycles. The topological polar surface area (TPSA) is 97.5 Å². The lowest BCUT2D eigenvalue weighted by atomic mass is 9.85. The minimum atomic E-state index is -0.503. The fourth-order valence-electron chi connectivity index (χ4n) is 3.83. The molecule has 4 rings (SSSR count). The van der Waals surface area contributed by atoms with E-state index in [0.29, 0.717) is 29.6 Å². The molecule has 1 unspecified atom stereocenters. The predicted molar refractivity (Wildman–Crippen MR) is 122 cm³/mol. The second-order valence-electron chi connectivity index (χ2n) is 7.62. The van der Waals surface area contributed by atoms with Crippen LogP contribution in [0.25, 0.3) is 0 Å². The maximum atomic E-state index is 10.1. The molecule has 7 nitrogen and oxygen atoms in total. The number of benzene rings is 2. The quantitative estimate of drug-likeness (QED) is 0.518. The highest BCUT2D eigenvalue weighted by molar-refractivity contribution is 5.73. The highest BCUT2D eigenvalue weighted by Crippen LogP contribution is 2.48. The fourth-order valence-corrected chi connectivity index (χ4v) is 3.83. The Morgan fingerprint density at radius 1 is 1.22 bits per heavy atom. The number of nitriles is 1. The van der Waals surface area contributed by atoms with Crippen molar-refractivity contribution in [1.29, 1.82) is 5.26 Å². The lowest BCUT2D eigenvalue weighted by molar-refractivity contribution is 0.228. The number of oxazole rings is 1. The van der Waals surface area contributed by atoms with E-state index in [0.717, 1.165) is 35.4 Å². The van der Waals surface area contributed by atoms with Gasteiger partial charge in [-0.1, -0.05) is 43.7 Å². The van der Waals surface area contributed by atoms with Crippen LogP contribution in [0.5, 0.6) is 11.8 Å². The van der Waals surface area contributed by atoms with E-state index in [1.165, 1.54) is 0 Å². The summed E-state index contributed by atoms with van der Waals surface area (Å²) in [6.07, 6.45) is 2.05. The first-order valence-electron chi connectivity index (χ1n) is 10.6. The van der Waals surface area contributed by atoms with E-state index in [1.54, 1.807) is 12.0 Å². The molecular formula is C25H26N4O3. The maximum Gasteiger partial charge on any atom is 0.395 e. The molecule has 3 aromatic rings. The van der Waals surface area contributed by atoms with Crippen LogP contribution in [0.2, 0.25) is 0 Å². The van der Waals surface area contributed by atoms with E-state index < -0.39 is 5.92 Å². The lowest BCUT2D eigenvalue weighted by Crippen LogP contribution is -2.31. The van der Waals surface area contributed by atoms with Crippen LogP contribution in [-0.2, 0) is 0 Å². The van der Waals surface area contributed by atoms with Crippen molar-refractivity contribution >= 4 is 11.6 Å². The predicted octanol–water partition coefficient (Wildman–Crippen LogP) is 5.15. The van der Waals surface area contributed by atoms with E-state index >= 15 is 0 Å². The lowest BCUT2D eigenvalue weighted by Gasteiger charge is -2.31. The number of nitrogens with two attached hydrogens (primary N) is 1. The minimum Gasteiger partial charge on any atom is -0.496 e. The summed E-state index contributed by atoms with van der Waals surface area (Å²) in [5, 5.41) is 10.1. The molecule has 1 aromatic heterocycles. The largest absolute Gasteiger partial charge is 0.496 e. The molecule has 1 aliphatic heterocycles. The number of ether oxygens (including phenoxy) is 2. The number of rotatable bonds is 7. The van der Waals surface area contributed by atoms with Crippen molar-refractivity contribution in [3.05, 3.63) is 76.7 Å². The molecule has 7 heteroatoms. The van der Waals surface area contributed by atoms with Gasteiger partial charge in [-0.15, -0.1) is 0 Å². The average molecular weight is 431 g/mol. The third kappa shape index (κ3) is 3.76. The molecule has 1 atom stereocenters. The van der Waals surface area contributed by atoms with Gasteiger partial charge in [0.15, 0.2) is 0 Å². The number of anilines is 2. The molecule has 0 aliphatic carbocycles. The number of nitrogens with zero attached hydrogens (tertiary/aromatic N) is 3. The third-order valence-electron chi connectivity index (χ3n) is 5.52. The van der Waals surface area contributed by atoms with Gasteiger partial charge in [-0.2, -0.15) is 10.2 Å². The van der Waals surface area contributed by atoms with E-state index in [2.05, 4.69) is 18.0 Å². The molecule has 0 radical (unpaired) electrons. The van der Waals surface area contributed by atoms with E-state index in [9.17, 15) is 5.26 Å². The number of para-hydroxylation sites is 1. The number of allylic oxidation sites excluding steroid dienone is 1. The molecule has 0 saturated heterocycles. The Hall–Kier alpha value is -3.92. The monoisotopic (exact) mass is 430 g/mol. The Labute approximate surface area is 187 Å². The summed E-state index contributed by atoms with van der Waals surface area (Å²) in [4.78, 5) is 6.37. The average Bonchev–Trinajstić information content (AvgIpc) is 3.22. The second-order valence-corrected chi connectivity index (χ2v) is 7.62. The summed E-state index contributed by atoms with van der Waals surface area (Å²) < 4.78 is 17.3. The summed E-state index contributed by atoms with van der Waals surface area (Å²) in [7, 11) is 1.63. The molecule has 1 aliphatic rings. The maximum absolute atomic E-state index is 10.1. The molecule has 0 spiro atoms. The van der Waals surface area contributed by atoms with Gasteiger partial charge in [0, 0.05) is 0 Å². The van der Waals surface area contributed by atoms with Crippen LogP contribution in [0.3, 0.4) is 0 Å². The Morgan fingerprint density at radius 2 is 2.00 bits per heavy atom. The van der Waals surface area contributed by atoms with Gasteiger partial charge in [-0.05, 0) is 42.7 Å². The van der Waals surface area contributed by atoms with Crippen LogP contribution in [0.4, 0.5) is 11.6 Å². The minimum absolute atomic E-state index is 0.167. The van der Waals surface area contributed by atoms with Gasteiger partial charge in [0.1, 0.15) is 17.3 Å². The molecule has 2 N–H and O–H groups in total. The molecule has 0 fully saturated rings. The van der Waals surface area contributed by atoms with Crippen molar-refractivity contribution in [2.24, 2.45) is 5.73 Å². The van der Waals surface area contributed by atoms with Crippen LogP contribution < -0.4 is 20.1 Å². The Kier molecular flexibility index (Phi) is 6.04. The van der Waals surface area contributed by atoms with Crippen LogP contribution in [0.1, 0.15) is 42.5 Å². The third-order valence-corrected chi connectivity index (χ3v) is 5.52. The van der Waals surface area contributed by atoms with Gasteiger partial charge in [0.25, 0.3) is 0 Å². The van der Waals surface area contributed by atoms with Crippen LogP contribution in [-0.4, -0.2) is 18.7 Å². The van der Waals surface area contributed by atoms with Gasteiger partial charge < -0.3 is 19.6 Å². The standard InChI is InChI=1S/C25H26N4O3/c1-4-5-13-31-25-28-22-21(17-12-11-16(2)20(14-17)30-3)19(15-26)23(27)29(24(22)32-25)18-9-7-6-8-10-18/h6-12,14,21H,4-5,13,27H2,1-3H3. The van der Waals surface area contributed by atoms with Crippen molar-refractivity contribution < 1.29 is 13.9 Å². The summed E-state index contributed by atoms with van der Waals surface area (Å²) in [6, 6.07) is 17.7. The van der Waals surface area contributed by atoms with Gasteiger partial charge in [-0.25, -0.2) is 0 Å². The van der Waals surface area contributed by atoms with E-state index in [4.69, 9.17) is 19.6 Å². The van der Waals surface area contributed by atoms with Crippen molar-refractivity contribution in [2.75, 3.05) is 18.6 Å².